The first-order valence-electron chi connectivity index (χ1n) is 12.7. The highest BCUT2D eigenvalue weighted by molar-refractivity contribution is 4.82. The quantitative estimate of drug-likeness (QED) is 0.476. The van der Waals surface area contributed by atoms with Crippen molar-refractivity contribution in [2.75, 3.05) is 0 Å². The Balaban J connectivity index is 1.49. The van der Waals surface area contributed by atoms with Crippen molar-refractivity contribution in [1.82, 2.24) is 10.1 Å². The first-order valence-corrected chi connectivity index (χ1v) is 12.7. The molecule has 0 amide bonds. The van der Waals surface area contributed by atoms with E-state index in [0.717, 1.165) is 0 Å². The highest BCUT2D eigenvalue weighted by Gasteiger charge is 2.36. The Morgan fingerprint density at radius 1 is 0.333 bits per heavy atom. The standard InChI is InChI=1S/C24H44N2O/c1-5-13-21(14-6-1)25(22-15-7-2-8-16-22)27-26(23-17-9-3-10-18-23)24-19-11-4-12-20-24/h21-24H,1-20H2. The van der Waals surface area contributed by atoms with Crippen LogP contribution in [-0.2, 0) is 4.94 Å². The van der Waals surface area contributed by atoms with Gasteiger partial charge in [0.1, 0.15) is 0 Å². The molecule has 4 fully saturated rings. The van der Waals surface area contributed by atoms with Gasteiger partial charge in [0.2, 0.25) is 0 Å². The lowest BCUT2D eigenvalue weighted by Gasteiger charge is -2.47. The molecule has 0 bridgehead atoms. The van der Waals surface area contributed by atoms with Gasteiger partial charge in [-0.3, -0.25) is 0 Å². The van der Waals surface area contributed by atoms with E-state index in [0.29, 0.717) is 24.2 Å². The zero-order valence-electron chi connectivity index (χ0n) is 17.8. The molecule has 0 spiro atoms. The van der Waals surface area contributed by atoms with E-state index in [1.807, 2.05) is 0 Å². The van der Waals surface area contributed by atoms with Crippen LogP contribution in [0.2, 0.25) is 0 Å². The van der Waals surface area contributed by atoms with Crippen LogP contribution in [0.25, 0.3) is 0 Å². The smallest absolute Gasteiger partial charge is 0.0375 e. The Kier molecular flexibility index (Phi) is 7.91. The molecule has 0 aromatic heterocycles. The Bertz CT molecular complexity index is 331. The maximum atomic E-state index is 7.08. The molecular formula is C24H44N2O. The maximum Gasteiger partial charge on any atom is 0.0375 e. The van der Waals surface area contributed by atoms with E-state index in [2.05, 4.69) is 10.1 Å². The summed E-state index contributed by atoms with van der Waals surface area (Å²) in [6.45, 7) is 0. The summed E-state index contributed by atoms with van der Waals surface area (Å²) in [5.41, 5.74) is 0. The average Bonchev–Trinajstić information content (AvgIpc) is 2.77. The van der Waals surface area contributed by atoms with Gasteiger partial charge in [0, 0.05) is 24.2 Å². The molecule has 0 N–H and O–H groups in total. The van der Waals surface area contributed by atoms with E-state index in [1.54, 1.807) is 0 Å². The molecule has 0 saturated heterocycles. The lowest BCUT2D eigenvalue weighted by atomic mass is 9.90. The Morgan fingerprint density at radius 2 is 0.556 bits per heavy atom. The second-order valence-electron chi connectivity index (χ2n) is 9.97. The zero-order valence-corrected chi connectivity index (χ0v) is 17.8. The Labute approximate surface area is 168 Å². The molecule has 0 aromatic rings. The number of hydroxylamine groups is 4. The van der Waals surface area contributed by atoms with Crippen LogP contribution in [0.15, 0.2) is 0 Å². The molecule has 4 aliphatic carbocycles. The molecule has 3 heteroatoms. The van der Waals surface area contributed by atoms with Crippen LogP contribution >= 0.6 is 0 Å². The molecule has 3 nitrogen and oxygen atoms in total. The lowest BCUT2D eigenvalue weighted by Crippen LogP contribution is -2.54. The van der Waals surface area contributed by atoms with Crippen molar-refractivity contribution < 1.29 is 4.94 Å². The van der Waals surface area contributed by atoms with E-state index >= 15 is 0 Å². The Hall–Kier alpha value is -0.120. The maximum absolute atomic E-state index is 7.08. The molecular weight excluding hydrogens is 332 g/mol. The van der Waals surface area contributed by atoms with Gasteiger partial charge < -0.3 is 0 Å². The molecule has 0 unspecified atom stereocenters. The minimum absolute atomic E-state index is 0.677. The summed E-state index contributed by atoms with van der Waals surface area (Å²) in [7, 11) is 0. The lowest BCUT2D eigenvalue weighted by molar-refractivity contribution is -0.387. The van der Waals surface area contributed by atoms with E-state index in [9.17, 15) is 0 Å². The fourth-order valence-corrected chi connectivity index (χ4v) is 6.31. The molecule has 4 saturated carbocycles. The van der Waals surface area contributed by atoms with Crippen molar-refractivity contribution >= 4 is 0 Å². The second-order valence-corrected chi connectivity index (χ2v) is 9.97. The van der Waals surface area contributed by atoms with Crippen molar-refractivity contribution in [3.05, 3.63) is 0 Å². The summed E-state index contributed by atoms with van der Waals surface area (Å²) in [5, 5.41) is 5.17. The van der Waals surface area contributed by atoms with Crippen LogP contribution in [0.5, 0.6) is 0 Å². The predicted octanol–water partition coefficient (Wildman–Crippen LogP) is 6.77. The molecule has 4 aliphatic rings. The molecule has 0 aromatic carbocycles. The van der Waals surface area contributed by atoms with Gasteiger partial charge in [0.05, 0.1) is 0 Å². The molecule has 27 heavy (non-hydrogen) atoms. The summed E-state index contributed by atoms with van der Waals surface area (Å²) >= 11 is 0. The van der Waals surface area contributed by atoms with Gasteiger partial charge in [-0.25, -0.2) is 4.94 Å². The number of rotatable bonds is 6. The fraction of sp³-hybridized carbons (Fsp3) is 1.00. The minimum Gasteiger partial charge on any atom is -0.207 e. The highest BCUT2D eigenvalue weighted by atomic mass is 16.8. The first-order chi connectivity index (χ1) is 13.4. The van der Waals surface area contributed by atoms with E-state index in [1.165, 1.54) is 128 Å². The third kappa shape index (κ3) is 5.48. The fourth-order valence-electron chi connectivity index (χ4n) is 6.31. The van der Waals surface area contributed by atoms with Gasteiger partial charge in [-0.15, -0.1) is 0 Å². The van der Waals surface area contributed by atoms with Gasteiger partial charge >= 0.3 is 0 Å². The zero-order chi connectivity index (χ0) is 18.3. The topological polar surface area (TPSA) is 15.7 Å². The molecule has 0 aliphatic heterocycles. The second kappa shape index (κ2) is 10.6. The van der Waals surface area contributed by atoms with Crippen molar-refractivity contribution in [2.24, 2.45) is 0 Å². The normalized spacial score (nSPS) is 28.2. The number of nitrogens with zero attached hydrogens (tertiary/aromatic N) is 2. The summed E-state index contributed by atoms with van der Waals surface area (Å²) in [5.74, 6) is 0. The van der Waals surface area contributed by atoms with Crippen LogP contribution in [0, 0.1) is 0 Å². The van der Waals surface area contributed by atoms with E-state index in [-0.39, 0.29) is 0 Å². The van der Waals surface area contributed by atoms with Gasteiger partial charge in [0.15, 0.2) is 0 Å². The number of hydrogen-bond donors (Lipinski definition) is 0. The molecule has 156 valence electrons. The summed E-state index contributed by atoms with van der Waals surface area (Å²) < 4.78 is 0. The summed E-state index contributed by atoms with van der Waals surface area (Å²) in [6, 6.07) is 2.71. The Morgan fingerprint density at radius 3 is 0.778 bits per heavy atom. The molecule has 4 rings (SSSR count). The third-order valence-electron chi connectivity index (χ3n) is 7.93. The van der Waals surface area contributed by atoms with Crippen molar-refractivity contribution in [3.8, 4) is 0 Å². The van der Waals surface area contributed by atoms with Crippen LogP contribution in [0.1, 0.15) is 128 Å². The SMILES string of the molecule is C1CCC(N(ON(C2CCCCC2)C2CCCCC2)C2CCCCC2)CC1. The van der Waals surface area contributed by atoms with Crippen LogP contribution in [0.4, 0.5) is 0 Å². The van der Waals surface area contributed by atoms with Crippen LogP contribution in [-0.4, -0.2) is 34.3 Å². The highest BCUT2D eigenvalue weighted by Crippen LogP contribution is 2.35. The van der Waals surface area contributed by atoms with Gasteiger partial charge in [-0.2, -0.15) is 10.1 Å². The van der Waals surface area contributed by atoms with Gasteiger partial charge in [0.25, 0.3) is 0 Å². The van der Waals surface area contributed by atoms with E-state index in [4.69, 9.17) is 4.94 Å². The van der Waals surface area contributed by atoms with E-state index < -0.39 is 0 Å². The number of hydrogen-bond acceptors (Lipinski definition) is 3. The predicted molar refractivity (Wildman–Crippen MR) is 112 cm³/mol. The van der Waals surface area contributed by atoms with Crippen LogP contribution in [0.3, 0.4) is 0 Å². The van der Waals surface area contributed by atoms with Crippen molar-refractivity contribution in [3.63, 3.8) is 0 Å². The van der Waals surface area contributed by atoms with Crippen molar-refractivity contribution in [2.45, 2.75) is 153 Å². The van der Waals surface area contributed by atoms with Crippen molar-refractivity contribution in [1.29, 1.82) is 0 Å². The largest absolute Gasteiger partial charge is 0.207 e. The summed E-state index contributed by atoms with van der Waals surface area (Å²) in [4.78, 5) is 7.08. The third-order valence-corrected chi connectivity index (χ3v) is 7.93. The molecule has 0 atom stereocenters. The summed E-state index contributed by atoms with van der Waals surface area (Å²) in [6.07, 6.45) is 27.9. The molecule has 0 radical (unpaired) electrons. The van der Waals surface area contributed by atoms with Gasteiger partial charge in [-0.1, -0.05) is 77.0 Å². The first kappa shape index (κ1) is 20.2. The van der Waals surface area contributed by atoms with Crippen LogP contribution < -0.4 is 0 Å². The monoisotopic (exact) mass is 376 g/mol. The average molecular weight is 377 g/mol. The minimum atomic E-state index is 0.677. The van der Waals surface area contributed by atoms with Gasteiger partial charge in [-0.05, 0) is 51.4 Å². The molecule has 0 heterocycles.